The normalized spacial score (nSPS) is 12.5. The molecule has 0 aliphatic heterocycles. The fourth-order valence-corrected chi connectivity index (χ4v) is 3.04. The molecule has 7 nitrogen and oxygen atoms in total. The van der Waals surface area contributed by atoms with E-state index in [0.29, 0.717) is 0 Å². The molecule has 3 rings (SSSR count). The van der Waals surface area contributed by atoms with Gasteiger partial charge in [0.15, 0.2) is 15.5 Å². The van der Waals surface area contributed by atoms with Crippen molar-refractivity contribution in [2.75, 3.05) is 6.26 Å². The van der Waals surface area contributed by atoms with Crippen molar-refractivity contribution in [3.63, 3.8) is 0 Å². The van der Waals surface area contributed by atoms with Crippen molar-refractivity contribution in [2.45, 2.75) is 17.9 Å². The molecule has 2 aromatic carbocycles. The molecule has 0 aliphatic rings. The van der Waals surface area contributed by atoms with Gasteiger partial charge in [0.1, 0.15) is 0 Å². The zero-order chi connectivity index (χ0) is 18.7. The molecule has 1 amide bonds. The molecule has 3 aromatic rings. The van der Waals surface area contributed by atoms with Crippen LogP contribution >= 0.6 is 0 Å². The van der Waals surface area contributed by atoms with E-state index in [9.17, 15) is 13.2 Å². The highest BCUT2D eigenvalue weighted by atomic mass is 32.2. The lowest BCUT2D eigenvalue weighted by Gasteiger charge is -2.13. The number of hydrogen-bond acceptors (Lipinski definition) is 5. The summed E-state index contributed by atoms with van der Waals surface area (Å²) in [6, 6.07) is 15.4. The number of sulfone groups is 1. The molecule has 0 saturated heterocycles. The maximum atomic E-state index is 12.4. The Morgan fingerprint density at radius 3 is 2.35 bits per heavy atom. The zero-order valence-corrected chi connectivity index (χ0v) is 15.1. The number of para-hydroxylation sites is 1. The first kappa shape index (κ1) is 17.8. The second-order valence-corrected chi connectivity index (χ2v) is 7.91. The third-order valence-corrected chi connectivity index (χ3v) is 5.00. The molecule has 1 atom stereocenters. The van der Waals surface area contributed by atoms with Gasteiger partial charge in [-0.1, -0.05) is 30.3 Å². The maximum Gasteiger partial charge on any atom is 0.273 e. The Bertz CT molecular complexity index is 1010. The first-order valence-corrected chi connectivity index (χ1v) is 9.82. The van der Waals surface area contributed by atoms with Gasteiger partial charge in [-0.3, -0.25) is 4.79 Å². The number of carbonyl (C=O) groups excluding carboxylic acids is 1. The van der Waals surface area contributed by atoms with E-state index in [1.54, 1.807) is 12.1 Å². The Morgan fingerprint density at radius 1 is 1.08 bits per heavy atom. The molecule has 0 bridgehead atoms. The minimum Gasteiger partial charge on any atom is -0.344 e. The summed E-state index contributed by atoms with van der Waals surface area (Å²) in [5, 5.41) is 11.1. The summed E-state index contributed by atoms with van der Waals surface area (Å²) in [4.78, 5) is 14.0. The fourth-order valence-electron chi connectivity index (χ4n) is 2.41. The monoisotopic (exact) mass is 370 g/mol. The molecule has 0 unspecified atom stereocenters. The molecular weight excluding hydrogens is 352 g/mol. The van der Waals surface area contributed by atoms with Crippen LogP contribution in [0.5, 0.6) is 0 Å². The van der Waals surface area contributed by atoms with Crippen LogP contribution in [0.15, 0.2) is 65.7 Å². The van der Waals surface area contributed by atoms with Crippen LogP contribution in [-0.2, 0) is 9.84 Å². The average molecular weight is 370 g/mol. The van der Waals surface area contributed by atoms with Crippen molar-refractivity contribution in [2.24, 2.45) is 0 Å². The van der Waals surface area contributed by atoms with E-state index in [4.69, 9.17) is 0 Å². The van der Waals surface area contributed by atoms with Crippen LogP contribution in [0.1, 0.15) is 29.0 Å². The van der Waals surface area contributed by atoms with Gasteiger partial charge in [-0.05, 0) is 36.8 Å². The van der Waals surface area contributed by atoms with Crippen molar-refractivity contribution in [3.05, 3.63) is 72.1 Å². The number of rotatable bonds is 5. The van der Waals surface area contributed by atoms with E-state index in [1.165, 1.54) is 23.1 Å². The zero-order valence-electron chi connectivity index (χ0n) is 14.3. The minimum atomic E-state index is -3.24. The number of benzene rings is 2. The lowest BCUT2D eigenvalue weighted by Crippen LogP contribution is -2.27. The van der Waals surface area contributed by atoms with Gasteiger partial charge in [0.25, 0.3) is 5.91 Å². The van der Waals surface area contributed by atoms with E-state index in [2.05, 4.69) is 15.5 Å². The highest BCUT2D eigenvalue weighted by Gasteiger charge is 2.16. The summed E-state index contributed by atoms with van der Waals surface area (Å²) in [5.41, 5.74) is 1.76. The Hall–Kier alpha value is -3.00. The third kappa shape index (κ3) is 3.97. The molecule has 26 heavy (non-hydrogen) atoms. The third-order valence-electron chi connectivity index (χ3n) is 3.87. The summed E-state index contributed by atoms with van der Waals surface area (Å²) < 4.78 is 23.0. The highest BCUT2D eigenvalue weighted by Crippen LogP contribution is 2.16. The Kier molecular flexibility index (Phi) is 4.85. The predicted molar refractivity (Wildman–Crippen MR) is 96.8 cm³/mol. The molecule has 0 aliphatic carbocycles. The lowest BCUT2D eigenvalue weighted by atomic mass is 10.1. The molecule has 1 aromatic heterocycles. The summed E-state index contributed by atoms with van der Waals surface area (Å²) in [5.74, 6) is -0.355. The van der Waals surface area contributed by atoms with Crippen molar-refractivity contribution in [1.29, 1.82) is 0 Å². The lowest BCUT2D eigenvalue weighted by molar-refractivity contribution is 0.0934. The van der Waals surface area contributed by atoms with E-state index in [-0.39, 0.29) is 22.5 Å². The Morgan fingerprint density at radius 2 is 1.73 bits per heavy atom. The molecule has 0 saturated carbocycles. The van der Waals surface area contributed by atoms with Gasteiger partial charge in [0.2, 0.25) is 0 Å². The molecule has 8 heteroatoms. The number of nitrogens with one attached hydrogen (secondary N) is 1. The quantitative estimate of drug-likeness (QED) is 0.743. The molecule has 0 fully saturated rings. The minimum absolute atomic E-state index is 0.202. The molecule has 0 radical (unpaired) electrons. The van der Waals surface area contributed by atoms with Crippen molar-refractivity contribution in [3.8, 4) is 5.69 Å². The van der Waals surface area contributed by atoms with Gasteiger partial charge < -0.3 is 5.32 Å². The molecule has 1 N–H and O–H groups in total. The number of aromatic nitrogens is 3. The SMILES string of the molecule is C[C@H](NC(=O)c1cnn(-c2ccccc2)n1)c1ccc(S(C)(=O)=O)cc1. The predicted octanol–water partition coefficient (Wildman–Crippen LogP) is 2.16. The van der Waals surface area contributed by atoms with Gasteiger partial charge in [0.05, 0.1) is 22.8 Å². The summed E-state index contributed by atoms with van der Waals surface area (Å²) in [7, 11) is -3.24. The number of nitrogens with zero attached hydrogens (tertiary/aromatic N) is 3. The van der Waals surface area contributed by atoms with Crippen LogP contribution in [0.4, 0.5) is 0 Å². The van der Waals surface area contributed by atoms with Gasteiger partial charge in [0, 0.05) is 6.26 Å². The van der Waals surface area contributed by atoms with E-state index in [0.717, 1.165) is 17.5 Å². The first-order chi connectivity index (χ1) is 12.3. The molecule has 134 valence electrons. The van der Waals surface area contributed by atoms with Crippen molar-refractivity contribution < 1.29 is 13.2 Å². The van der Waals surface area contributed by atoms with Crippen LogP contribution in [0.2, 0.25) is 0 Å². The van der Waals surface area contributed by atoms with E-state index < -0.39 is 9.84 Å². The van der Waals surface area contributed by atoms with Crippen LogP contribution in [0.3, 0.4) is 0 Å². The maximum absolute atomic E-state index is 12.4. The van der Waals surface area contributed by atoms with E-state index in [1.807, 2.05) is 37.3 Å². The fraction of sp³-hybridized carbons (Fsp3) is 0.167. The molecular formula is C18H18N4O3S. The summed E-state index contributed by atoms with van der Waals surface area (Å²) >= 11 is 0. The molecule has 0 spiro atoms. The second kappa shape index (κ2) is 7.09. The second-order valence-electron chi connectivity index (χ2n) is 5.89. The Labute approximate surface area is 151 Å². The summed E-state index contributed by atoms with van der Waals surface area (Å²) in [6.07, 6.45) is 2.56. The standard InChI is InChI=1S/C18H18N4O3S/c1-13(14-8-10-16(11-9-14)26(2,24)25)20-18(23)17-12-19-22(21-17)15-6-4-3-5-7-15/h3-13H,1-2H3,(H,20,23)/t13-/m0/s1. The van der Waals surface area contributed by atoms with Crippen LogP contribution in [-0.4, -0.2) is 35.6 Å². The first-order valence-electron chi connectivity index (χ1n) is 7.93. The van der Waals surface area contributed by atoms with Crippen molar-refractivity contribution in [1.82, 2.24) is 20.3 Å². The van der Waals surface area contributed by atoms with Gasteiger partial charge in [-0.15, -0.1) is 5.10 Å². The van der Waals surface area contributed by atoms with Crippen LogP contribution < -0.4 is 5.32 Å². The van der Waals surface area contributed by atoms with Crippen LogP contribution in [0.25, 0.3) is 5.69 Å². The summed E-state index contributed by atoms with van der Waals surface area (Å²) in [6.45, 7) is 1.81. The van der Waals surface area contributed by atoms with Gasteiger partial charge >= 0.3 is 0 Å². The molecule has 1 heterocycles. The Balaban J connectivity index is 1.71. The number of carbonyl (C=O) groups is 1. The largest absolute Gasteiger partial charge is 0.344 e. The van der Waals surface area contributed by atoms with Crippen LogP contribution in [0, 0.1) is 0 Å². The average Bonchev–Trinajstić information content (AvgIpc) is 3.12. The van der Waals surface area contributed by atoms with E-state index >= 15 is 0 Å². The topological polar surface area (TPSA) is 93.9 Å². The van der Waals surface area contributed by atoms with Gasteiger partial charge in [-0.2, -0.15) is 9.90 Å². The highest BCUT2D eigenvalue weighted by molar-refractivity contribution is 7.90. The number of amides is 1. The van der Waals surface area contributed by atoms with Crippen molar-refractivity contribution >= 4 is 15.7 Å². The smallest absolute Gasteiger partial charge is 0.273 e. The van der Waals surface area contributed by atoms with Gasteiger partial charge in [-0.25, -0.2) is 8.42 Å². The number of hydrogen-bond donors (Lipinski definition) is 1.